The third kappa shape index (κ3) is 6.65. The van der Waals surface area contributed by atoms with E-state index in [-0.39, 0.29) is 0 Å². The van der Waals surface area contributed by atoms with Crippen molar-refractivity contribution in [2.24, 2.45) is 10.9 Å². The van der Waals surface area contributed by atoms with E-state index in [1.54, 1.807) is 0 Å². The molecule has 1 aliphatic heterocycles. The van der Waals surface area contributed by atoms with Crippen LogP contribution in [0.4, 0.5) is 5.82 Å². The van der Waals surface area contributed by atoms with Gasteiger partial charge in [0.15, 0.2) is 0 Å². The summed E-state index contributed by atoms with van der Waals surface area (Å²) in [5.41, 5.74) is 6.22. The third-order valence-electron chi connectivity index (χ3n) is 5.65. The van der Waals surface area contributed by atoms with Crippen LogP contribution < -0.4 is 10.6 Å². The van der Waals surface area contributed by atoms with E-state index in [1.807, 2.05) is 38.1 Å². The van der Waals surface area contributed by atoms with Crippen molar-refractivity contribution in [2.45, 2.75) is 20.3 Å². The van der Waals surface area contributed by atoms with E-state index < -0.39 is 0 Å². The van der Waals surface area contributed by atoms with E-state index in [1.165, 1.54) is 6.42 Å². The number of anilines is 1. The number of aliphatic imine (C=N–C) groups is 1. The molecule has 1 unspecified atom stereocenters. The number of aromatic nitrogens is 1. The molecule has 1 aromatic carbocycles. The first-order valence-corrected chi connectivity index (χ1v) is 11.8. The van der Waals surface area contributed by atoms with Gasteiger partial charge < -0.3 is 15.5 Å². The second-order valence-corrected chi connectivity index (χ2v) is 8.52. The van der Waals surface area contributed by atoms with Crippen LogP contribution in [0, 0.1) is 5.92 Å². The van der Waals surface area contributed by atoms with Gasteiger partial charge in [-0.2, -0.15) is 0 Å². The van der Waals surface area contributed by atoms with E-state index in [0.29, 0.717) is 5.92 Å². The monoisotopic (exact) mass is 443 g/mol. The number of rotatable bonds is 10. The highest BCUT2D eigenvalue weighted by Gasteiger charge is 2.17. The Morgan fingerprint density at radius 2 is 2.15 bits per heavy atom. The van der Waals surface area contributed by atoms with E-state index >= 15 is 0 Å². The first-order chi connectivity index (χ1) is 16.0. The maximum atomic E-state index is 5.07. The maximum Gasteiger partial charge on any atom is 0.136 e. The van der Waals surface area contributed by atoms with Gasteiger partial charge in [0.25, 0.3) is 0 Å². The van der Waals surface area contributed by atoms with Crippen LogP contribution in [-0.4, -0.2) is 55.9 Å². The van der Waals surface area contributed by atoms with Crippen LogP contribution in [0.3, 0.4) is 0 Å². The zero-order valence-corrected chi connectivity index (χ0v) is 20.4. The average molecular weight is 444 g/mol. The lowest BCUT2D eigenvalue weighted by molar-refractivity contribution is 0.566. The lowest BCUT2D eigenvalue weighted by Crippen LogP contribution is -2.19. The number of hydrogen-bond acceptors (Lipinski definition) is 5. The lowest BCUT2D eigenvalue weighted by Gasteiger charge is -2.16. The summed E-state index contributed by atoms with van der Waals surface area (Å²) in [7, 11) is 4.04. The van der Waals surface area contributed by atoms with Crippen molar-refractivity contribution in [3.63, 3.8) is 0 Å². The van der Waals surface area contributed by atoms with Crippen LogP contribution in [0.1, 0.15) is 31.4 Å². The van der Waals surface area contributed by atoms with E-state index in [2.05, 4.69) is 72.8 Å². The minimum absolute atomic E-state index is 0.617. The molecule has 3 rings (SSSR count). The quantitative estimate of drug-likeness (QED) is 0.389. The largest absolute Gasteiger partial charge is 0.383 e. The van der Waals surface area contributed by atoms with Gasteiger partial charge in [-0.25, -0.2) is 4.98 Å². The van der Waals surface area contributed by atoms with Crippen molar-refractivity contribution >= 4 is 17.1 Å². The summed E-state index contributed by atoms with van der Waals surface area (Å²) in [4.78, 5) is 11.8. The summed E-state index contributed by atoms with van der Waals surface area (Å²) >= 11 is 0. The second-order valence-electron chi connectivity index (χ2n) is 8.52. The lowest BCUT2D eigenvalue weighted by atomic mass is 10.0. The molecule has 5 nitrogen and oxygen atoms in total. The van der Waals surface area contributed by atoms with Crippen LogP contribution in [0.25, 0.3) is 16.8 Å². The van der Waals surface area contributed by atoms with Crippen molar-refractivity contribution in [3.8, 4) is 11.3 Å². The summed E-state index contributed by atoms with van der Waals surface area (Å²) in [5.74, 6) is 1.51. The molecule has 0 aliphatic carbocycles. The Morgan fingerprint density at radius 1 is 1.30 bits per heavy atom. The van der Waals surface area contributed by atoms with Crippen LogP contribution in [0.5, 0.6) is 0 Å². The fraction of sp³-hybridized carbons (Fsp3) is 0.357. The Kier molecular flexibility index (Phi) is 9.02. The molecule has 0 amide bonds. The molecule has 2 aromatic rings. The molecular formula is C28H37N5. The normalized spacial score (nSPS) is 16.9. The molecule has 0 radical (unpaired) electrons. The highest BCUT2D eigenvalue weighted by atomic mass is 15.0. The van der Waals surface area contributed by atoms with Crippen LogP contribution in [0.2, 0.25) is 0 Å². The summed E-state index contributed by atoms with van der Waals surface area (Å²) in [6.07, 6.45) is 9.26. The molecule has 1 atom stereocenters. The Bertz CT molecular complexity index is 1030. The Morgan fingerprint density at radius 3 is 2.82 bits per heavy atom. The highest BCUT2D eigenvalue weighted by molar-refractivity contribution is 6.11. The Balaban J connectivity index is 2.00. The molecule has 0 spiro atoms. The number of nitrogens with one attached hydrogen (secondary N) is 2. The highest BCUT2D eigenvalue weighted by Crippen LogP contribution is 2.27. The zero-order valence-electron chi connectivity index (χ0n) is 20.4. The minimum Gasteiger partial charge on any atom is -0.383 e. The summed E-state index contributed by atoms with van der Waals surface area (Å²) < 4.78 is 0. The average Bonchev–Trinajstić information content (AvgIpc) is 3.34. The number of benzene rings is 1. The van der Waals surface area contributed by atoms with Crippen LogP contribution in [-0.2, 0) is 0 Å². The molecular weight excluding hydrogens is 406 g/mol. The predicted octanol–water partition coefficient (Wildman–Crippen LogP) is 5.24. The molecule has 0 saturated carbocycles. The predicted molar refractivity (Wildman–Crippen MR) is 143 cm³/mol. The summed E-state index contributed by atoms with van der Waals surface area (Å²) in [6, 6.07) is 12.7. The van der Waals surface area contributed by atoms with Gasteiger partial charge >= 0.3 is 0 Å². The maximum absolute atomic E-state index is 5.07. The fourth-order valence-electron chi connectivity index (χ4n) is 4.03. The number of allylic oxidation sites excluding steroid dienone is 4. The molecule has 1 saturated heterocycles. The van der Waals surface area contributed by atoms with Crippen molar-refractivity contribution in [1.29, 1.82) is 0 Å². The van der Waals surface area contributed by atoms with Crippen LogP contribution in [0.15, 0.2) is 72.4 Å². The van der Waals surface area contributed by atoms with Crippen molar-refractivity contribution in [1.82, 2.24) is 15.2 Å². The SMILES string of the molecule is C=C/C(=C\N(C)C)c1cccc(-c2ccc(C(/C=C\C)=NCC)c(NCC3CCNC3)n2)c1. The molecule has 2 heterocycles. The standard InChI is InChI=1S/C28H37N5/c1-6-10-27(30-8-3)25-13-14-26(32-28(25)31-19-21-15-16-29-18-21)24-12-9-11-23(17-24)22(7-2)20-33(4)5/h6-7,9-14,17,20-21,29H,2,8,15-16,18-19H2,1,3-5H3,(H,31,32)/b10-6-,22-20+,30-27?. The van der Waals surface area contributed by atoms with Crippen molar-refractivity contribution in [2.75, 3.05) is 45.6 Å². The molecule has 5 heteroatoms. The second kappa shape index (κ2) is 12.2. The van der Waals surface area contributed by atoms with E-state index in [4.69, 9.17) is 9.98 Å². The zero-order chi connectivity index (χ0) is 23.6. The van der Waals surface area contributed by atoms with Gasteiger partial charge in [-0.1, -0.05) is 36.9 Å². The topological polar surface area (TPSA) is 52.5 Å². The molecule has 1 fully saturated rings. The summed E-state index contributed by atoms with van der Waals surface area (Å²) in [6.45, 7) is 11.9. The number of pyridine rings is 1. The van der Waals surface area contributed by atoms with Gasteiger partial charge in [-0.15, -0.1) is 0 Å². The molecule has 174 valence electrons. The van der Waals surface area contributed by atoms with Gasteiger partial charge in [0.1, 0.15) is 5.82 Å². The Hall–Kier alpha value is -3.18. The minimum atomic E-state index is 0.617. The Labute approximate surface area is 199 Å². The third-order valence-corrected chi connectivity index (χ3v) is 5.65. The summed E-state index contributed by atoms with van der Waals surface area (Å²) in [5, 5.41) is 7.08. The number of nitrogens with zero attached hydrogens (tertiary/aromatic N) is 3. The molecule has 0 bridgehead atoms. The molecule has 33 heavy (non-hydrogen) atoms. The first kappa shape index (κ1) is 24.5. The van der Waals surface area contributed by atoms with Crippen molar-refractivity contribution in [3.05, 3.63) is 78.5 Å². The number of hydrogen-bond donors (Lipinski definition) is 2. The van der Waals surface area contributed by atoms with Gasteiger partial charge in [0, 0.05) is 44.5 Å². The molecule has 2 N–H and O–H groups in total. The fourth-order valence-corrected chi connectivity index (χ4v) is 4.03. The molecule has 1 aliphatic rings. The van der Waals surface area contributed by atoms with E-state index in [9.17, 15) is 0 Å². The van der Waals surface area contributed by atoms with Gasteiger partial charge in [0.2, 0.25) is 0 Å². The van der Waals surface area contributed by atoms with Crippen LogP contribution >= 0.6 is 0 Å². The van der Waals surface area contributed by atoms with Gasteiger partial charge in [-0.05, 0) is 74.7 Å². The van der Waals surface area contributed by atoms with Gasteiger partial charge in [-0.3, -0.25) is 4.99 Å². The molecule has 1 aromatic heterocycles. The smallest absolute Gasteiger partial charge is 0.136 e. The van der Waals surface area contributed by atoms with Crippen molar-refractivity contribution < 1.29 is 0 Å². The van der Waals surface area contributed by atoms with E-state index in [0.717, 1.165) is 65.7 Å². The van der Waals surface area contributed by atoms with Gasteiger partial charge in [0.05, 0.1) is 11.4 Å². The first-order valence-electron chi connectivity index (χ1n) is 11.8.